The van der Waals surface area contributed by atoms with Crippen LogP contribution in [0.1, 0.15) is 33.3 Å². The normalized spacial score (nSPS) is 12.3. The molecule has 3 heteroatoms. The van der Waals surface area contributed by atoms with Gasteiger partial charge in [0.25, 0.3) is 0 Å². The first kappa shape index (κ1) is 14.5. The third-order valence-corrected chi connectivity index (χ3v) is 2.01. The van der Waals surface area contributed by atoms with Gasteiger partial charge in [-0.2, -0.15) is 0 Å². The highest BCUT2D eigenvalue weighted by atomic mass is 16.2. The fourth-order valence-electron chi connectivity index (χ4n) is 1.32. The number of amides is 2. The van der Waals surface area contributed by atoms with Crippen LogP contribution in [0.2, 0.25) is 0 Å². The second-order valence-corrected chi connectivity index (χ2v) is 2.94. The molecular formula is C13H22N2O. The average molecular weight is 222 g/mol. The molecule has 0 unspecified atom stereocenters. The van der Waals surface area contributed by atoms with Crippen molar-refractivity contribution in [1.82, 2.24) is 4.90 Å². The molecule has 0 spiro atoms. The van der Waals surface area contributed by atoms with E-state index in [2.05, 4.69) is 5.32 Å². The predicted molar refractivity (Wildman–Crippen MR) is 69.6 cm³/mol. The second-order valence-electron chi connectivity index (χ2n) is 2.94. The number of hydrogen-bond acceptors (Lipinski definition) is 1. The van der Waals surface area contributed by atoms with Crippen LogP contribution in [-0.2, 0) is 6.54 Å². The van der Waals surface area contributed by atoms with Crippen LogP contribution in [0.3, 0.4) is 0 Å². The molecular weight excluding hydrogens is 200 g/mol. The van der Waals surface area contributed by atoms with Crippen molar-refractivity contribution in [1.29, 1.82) is 0 Å². The van der Waals surface area contributed by atoms with Gasteiger partial charge in [0.1, 0.15) is 0 Å². The van der Waals surface area contributed by atoms with Gasteiger partial charge in [-0.25, -0.2) is 4.79 Å². The van der Waals surface area contributed by atoms with E-state index < -0.39 is 0 Å². The SMILES string of the molecule is CC.CC.CN1Cc2ccccc2NC1=O. The molecule has 0 saturated heterocycles. The highest BCUT2D eigenvalue weighted by Gasteiger charge is 2.17. The monoisotopic (exact) mass is 222 g/mol. The van der Waals surface area contributed by atoms with Gasteiger partial charge in [-0.15, -0.1) is 0 Å². The Balaban J connectivity index is 0.000000509. The van der Waals surface area contributed by atoms with Crippen molar-refractivity contribution < 1.29 is 4.79 Å². The smallest absolute Gasteiger partial charge is 0.321 e. The van der Waals surface area contributed by atoms with E-state index in [9.17, 15) is 4.79 Å². The van der Waals surface area contributed by atoms with E-state index in [1.54, 1.807) is 11.9 Å². The third kappa shape index (κ3) is 3.57. The molecule has 0 bridgehead atoms. The summed E-state index contributed by atoms with van der Waals surface area (Å²) in [5.74, 6) is 0. The lowest BCUT2D eigenvalue weighted by molar-refractivity contribution is 0.218. The number of fused-ring (bicyclic) bond motifs is 1. The Morgan fingerprint density at radius 1 is 1.12 bits per heavy atom. The van der Waals surface area contributed by atoms with Crippen LogP contribution >= 0.6 is 0 Å². The zero-order chi connectivity index (χ0) is 12.6. The number of urea groups is 1. The Labute approximate surface area is 98.5 Å². The minimum atomic E-state index is -0.0336. The van der Waals surface area contributed by atoms with Gasteiger partial charge < -0.3 is 10.2 Å². The molecule has 1 aliphatic rings. The molecule has 2 rings (SSSR count). The summed E-state index contributed by atoms with van der Waals surface area (Å²) in [7, 11) is 1.78. The first-order valence-electron chi connectivity index (χ1n) is 5.87. The van der Waals surface area contributed by atoms with Crippen molar-refractivity contribution >= 4 is 11.7 Å². The highest BCUT2D eigenvalue weighted by Crippen LogP contribution is 2.21. The minimum Gasteiger partial charge on any atom is -0.323 e. The van der Waals surface area contributed by atoms with Crippen LogP contribution in [0.4, 0.5) is 10.5 Å². The summed E-state index contributed by atoms with van der Waals surface area (Å²) in [5.41, 5.74) is 2.10. The Bertz CT molecular complexity index is 323. The molecule has 1 aromatic carbocycles. The lowest BCUT2D eigenvalue weighted by atomic mass is 10.1. The largest absolute Gasteiger partial charge is 0.323 e. The molecule has 1 aliphatic heterocycles. The van der Waals surface area contributed by atoms with Gasteiger partial charge in [-0.1, -0.05) is 45.9 Å². The number of nitrogens with zero attached hydrogens (tertiary/aromatic N) is 1. The zero-order valence-electron chi connectivity index (χ0n) is 10.9. The fourth-order valence-corrected chi connectivity index (χ4v) is 1.32. The Morgan fingerprint density at radius 2 is 1.69 bits per heavy atom. The molecule has 1 aromatic rings. The quantitative estimate of drug-likeness (QED) is 0.713. The molecule has 16 heavy (non-hydrogen) atoms. The summed E-state index contributed by atoms with van der Waals surface area (Å²) in [6.45, 7) is 8.70. The maximum atomic E-state index is 11.2. The molecule has 3 nitrogen and oxygen atoms in total. The molecule has 0 radical (unpaired) electrons. The van der Waals surface area contributed by atoms with Gasteiger partial charge >= 0.3 is 6.03 Å². The molecule has 0 saturated carbocycles. The van der Waals surface area contributed by atoms with Crippen LogP contribution in [0.25, 0.3) is 0 Å². The number of anilines is 1. The van der Waals surface area contributed by atoms with Crippen LogP contribution < -0.4 is 5.32 Å². The summed E-state index contributed by atoms with van der Waals surface area (Å²) < 4.78 is 0. The van der Waals surface area contributed by atoms with Crippen LogP contribution in [0.15, 0.2) is 24.3 Å². The maximum Gasteiger partial charge on any atom is 0.321 e. The van der Waals surface area contributed by atoms with Crippen molar-refractivity contribution in [2.75, 3.05) is 12.4 Å². The first-order valence-corrected chi connectivity index (χ1v) is 5.87. The molecule has 1 N–H and O–H groups in total. The van der Waals surface area contributed by atoms with Crippen molar-refractivity contribution in [3.05, 3.63) is 29.8 Å². The van der Waals surface area contributed by atoms with Gasteiger partial charge in [-0.05, 0) is 11.6 Å². The number of hydrogen-bond donors (Lipinski definition) is 1. The van der Waals surface area contributed by atoms with E-state index in [1.165, 1.54) is 5.56 Å². The van der Waals surface area contributed by atoms with Crippen LogP contribution in [0.5, 0.6) is 0 Å². The van der Waals surface area contributed by atoms with E-state index in [4.69, 9.17) is 0 Å². The van der Waals surface area contributed by atoms with E-state index in [0.717, 1.165) is 5.69 Å². The van der Waals surface area contributed by atoms with Crippen molar-refractivity contribution in [2.24, 2.45) is 0 Å². The first-order chi connectivity index (χ1) is 7.77. The molecule has 0 fully saturated rings. The molecule has 0 aromatic heterocycles. The Kier molecular flexibility index (Phi) is 7.01. The van der Waals surface area contributed by atoms with E-state index in [-0.39, 0.29) is 6.03 Å². The summed E-state index contributed by atoms with van der Waals surface area (Å²) in [5, 5.41) is 2.80. The lowest BCUT2D eigenvalue weighted by Crippen LogP contribution is -2.35. The summed E-state index contributed by atoms with van der Waals surface area (Å²) in [4.78, 5) is 12.8. The Hall–Kier alpha value is -1.51. The van der Waals surface area contributed by atoms with Gasteiger partial charge in [0.2, 0.25) is 0 Å². The number of rotatable bonds is 0. The lowest BCUT2D eigenvalue weighted by Gasteiger charge is -2.25. The summed E-state index contributed by atoms with van der Waals surface area (Å²) >= 11 is 0. The molecule has 2 amide bonds. The number of nitrogens with one attached hydrogen (secondary N) is 1. The van der Waals surface area contributed by atoms with Crippen molar-refractivity contribution in [3.63, 3.8) is 0 Å². The number of carbonyl (C=O) groups is 1. The number of para-hydroxylation sites is 1. The second kappa shape index (κ2) is 7.74. The summed E-state index contributed by atoms with van der Waals surface area (Å²) in [6, 6.07) is 7.80. The minimum absolute atomic E-state index is 0.0336. The van der Waals surface area contributed by atoms with Crippen LogP contribution in [0, 0.1) is 0 Å². The van der Waals surface area contributed by atoms with Gasteiger partial charge in [0.05, 0.1) is 0 Å². The van der Waals surface area contributed by atoms with Crippen LogP contribution in [-0.4, -0.2) is 18.0 Å². The predicted octanol–water partition coefficient (Wildman–Crippen LogP) is 3.72. The number of benzene rings is 1. The summed E-state index contributed by atoms with van der Waals surface area (Å²) in [6.07, 6.45) is 0. The molecule has 0 aliphatic carbocycles. The fraction of sp³-hybridized carbons (Fsp3) is 0.462. The molecule has 1 heterocycles. The van der Waals surface area contributed by atoms with Crippen molar-refractivity contribution in [3.8, 4) is 0 Å². The number of carbonyl (C=O) groups excluding carboxylic acids is 1. The average Bonchev–Trinajstić information content (AvgIpc) is 2.36. The highest BCUT2D eigenvalue weighted by molar-refractivity contribution is 5.91. The Morgan fingerprint density at radius 3 is 2.31 bits per heavy atom. The maximum absolute atomic E-state index is 11.2. The molecule has 90 valence electrons. The van der Waals surface area contributed by atoms with Gasteiger partial charge in [-0.3, -0.25) is 0 Å². The van der Waals surface area contributed by atoms with Gasteiger partial charge in [0, 0.05) is 19.3 Å². The topological polar surface area (TPSA) is 32.3 Å². The van der Waals surface area contributed by atoms with E-state index in [0.29, 0.717) is 6.54 Å². The van der Waals surface area contributed by atoms with Gasteiger partial charge in [0.15, 0.2) is 0 Å². The third-order valence-electron chi connectivity index (χ3n) is 2.01. The zero-order valence-corrected chi connectivity index (χ0v) is 10.9. The van der Waals surface area contributed by atoms with Crippen molar-refractivity contribution in [2.45, 2.75) is 34.2 Å². The molecule has 0 atom stereocenters. The standard InChI is InChI=1S/C9H10N2O.2C2H6/c1-11-6-7-4-2-3-5-8(7)10-9(11)12;2*1-2/h2-5H,6H2,1H3,(H,10,12);2*1-2H3. The van der Waals surface area contributed by atoms with E-state index >= 15 is 0 Å². The van der Waals surface area contributed by atoms with E-state index in [1.807, 2.05) is 52.0 Å².